The van der Waals surface area contributed by atoms with Gasteiger partial charge in [0.05, 0.1) is 6.10 Å². The highest BCUT2D eigenvalue weighted by Crippen LogP contribution is 2.28. The van der Waals surface area contributed by atoms with E-state index < -0.39 is 0 Å². The summed E-state index contributed by atoms with van der Waals surface area (Å²) in [5.74, 6) is 0. The number of hydrogen-bond donors (Lipinski definition) is 1. The van der Waals surface area contributed by atoms with Crippen LogP contribution in [0, 0.1) is 0 Å². The summed E-state index contributed by atoms with van der Waals surface area (Å²) in [7, 11) is 0. The van der Waals surface area contributed by atoms with Gasteiger partial charge in [0.1, 0.15) is 0 Å². The molecule has 1 heterocycles. The third kappa shape index (κ3) is 1.99. The molecule has 1 saturated heterocycles. The normalized spacial score (nSPS) is 31.0. The van der Waals surface area contributed by atoms with E-state index in [2.05, 4.69) is 32.6 Å². The lowest BCUT2D eigenvalue weighted by molar-refractivity contribution is -0.0228. The maximum atomic E-state index is 9.52. The van der Waals surface area contributed by atoms with Crippen molar-refractivity contribution in [1.82, 2.24) is 4.90 Å². The maximum absolute atomic E-state index is 9.52. The Hall–Kier alpha value is -0.0800. The first-order valence-corrected chi connectivity index (χ1v) is 4.88. The van der Waals surface area contributed by atoms with Crippen LogP contribution in [0.2, 0.25) is 0 Å². The molecule has 0 bridgehead atoms. The van der Waals surface area contributed by atoms with Crippen molar-refractivity contribution < 1.29 is 5.11 Å². The molecule has 0 radical (unpaired) electrons. The largest absolute Gasteiger partial charge is 0.392 e. The van der Waals surface area contributed by atoms with Gasteiger partial charge in [-0.2, -0.15) is 0 Å². The molecule has 1 aliphatic heterocycles. The molecule has 0 amide bonds. The molecule has 12 heavy (non-hydrogen) atoms. The molecule has 0 spiro atoms. The molecule has 0 saturated carbocycles. The van der Waals surface area contributed by atoms with E-state index in [1.807, 2.05) is 0 Å². The van der Waals surface area contributed by atoms with Gasteiger partial charge in [0.25, 0.3) is 0 Å². The molecule has 72 valence electrons. The summed E-state index contributed by atoms with van der Waals surface area (Å²) in [6.45, 7) is 9.75. The SMILES string of the molecule is CC(C)N1CC(O)CCC1(C)C. The summed E-state index contributed by atoms with van der Waals surface area (Å²) in [5, 5.41) is 9.52. The van der Waals surface area contributed by atoms with Crippen LogP contribution in [0.4, 0.5) is 0 Å². The molecule has 1 aliphatic rings. The van der Waals surface area contributed by atoms with Gasteiger partial charge in [-0.25, -0.2) is 0 Å². The standard InChI is InChI=1S/C10H21NO/c1-8(2)11-7-9(12)5-6-10(11,3)4/h8-9,12H,5-7H2,1-4H3. The highest BCUT2D eigenvalue weighted by molar-refractivity contribution is 4.90. The zero-order valence-corrected chi connectivity index (χ0v) is 8.67. The van der Waals surface area contributed by atoms with Gasteiger partial charge in [0.2, 0.25) is 0 Å². The lowest BCUT2D eigenvalue weighted by Crippen LogP contribution is -2.54. The minimum Gasteiger partial charge on any atom is -0.392 e. The zero-order chi connectivity index (χ0) is 9.35. The highest BCUT2D eigenvalue weighted by atomic mass is 16.3. The second kappa shape index (κ2) is 3.35. The molecule has 1 unspecified atom stereocenters. The molecule has 0 aromatic rings. The zero-order valence-electron chi connectivity index (χ0n) is 8.67. The third-order valence-corrected chi connectivity index (χ3v) is 2.90. The molecule has 2 heteroatoms. The van der Waals surface area contributed by atoms with E-state index in [9.17, 15) is 5.11 Å². The number of likely N-dealkylation sites (tertiary alicyclic amines) is 1. The van der Waals surface area contributed by atoms with Gasteiger partial charge in [0.15, 0.2) is 0 Å². The Balaban J connectivity index is 2.65. The maximum Gasteiger partial charge on any atom is 0.0668 e. The molecule has 0 aromatic heterocycles. The Labute approximate surface area is 75.6 Å². The Kier molecular flexibility index (Phi) is 2.79. The van der Waals surface area contributed by atoms with Crippen LogP contribution in [-0.2, 0) is 0 Å². The molecule has 1 N–H and O–H groups in total. The van der Waals surface area contributed by atoms with Gasteiger partial charge in [-0.15, -0.1) is 0 Å². The van der Waals surface area contributed by atoms with E-state index >= 15 is 0 Å². The quantitative estimate of drug-likeness (QED) is 0.648. The van der Waals surface area contributed by atoms with Crippen LogP contribution in [0.5, 0.6) is 0 Å². The van der Waals surface area contributed by atoms with Gasteiger partial charge in [-0.05, 0) is 40.5 Å². The summed E-state index contributed by atoms with van der Waals surface area (Å²) in [4.78, 5) is 2.39. The third-order valence-electron chi connectivity index (χ3n) is 2.90. The van der Waals surface area contributed by atoms with E-state index in [-0.39, 0.29) is 11.6 Å². The van der Waals surface area contributed by atoms with E-state index in [0.29, 0.717) is 6.04 Å². The van der Waals surface area contributed by atoms with Crippen LogP contribution in [0.25, 0.3) is 0 Å². The molecule has 1 rings (SSSR count). The van der Waals surface area contributed by atoms with Gasteiger partial charge in [0, 0.05) is 18.1 Å². The summed E-state index contributed by atoms with van der Waals surface area (Å²) in [6, 6.07) is 0.537. The first-order valence-electron chi connectivity index (χ1n) is 4.88. The Morgan fingerprint density at radius 3 is 2.42 bits per heavy atom. The van der Waals surface area contributed by atoms with Crippen LogP contribution in [0.1, 0.15) is 40.5 Å². The highest BCUT2D eigenvalue weighted by Gasteiger charge is 2.34. The minimum atomic E-state index is -0.111. The van der Waals surface area contributed by atoms with Crippen LogP contribution >= 0.6 is 0 Å². The number of aliphatic hydroxyl groups excluding tert-OH is 1. The lowest BCUT2D eigenvalue weighted by atomic mass is 9.88. The monoisotopic (exact) mass is 171 g/mol. The van der Waals surface area contributed by atoms with Crippen molar-refractivity contribution in [2.75, 3.05) is 6.54 Å². The van der Waals surface area contributed by atoms with Crippen LogP contribution < -0.4 is 0 Å². The number of aliphatic hydroxyl groups is 1. The van der Waals surface area contributed by atoms with Gasteiger partial charge >= 0.3 is 0 Å². The van der Waals surface area contributed by atoms with Gasteiger partial charge in [-0.3, -0.25) is 4.90 Å². The number of nitrogens with zero attached hydrogens (tertiary/aromatic N) is 1. The predicted molar refractivity (Wildman–Crippen MR) is 51.2 cm³/mol. The fourth-order valence-electron chi connectivity index (χ4n) is 2.14. The molecular formula is C10H21NO. The fourth-order valence-corrected chi connectivity index (χ4v) is 2.14. The molecular weight excluding hydrogens is 150 g/mol. The van der Waals surface area contributed by atoms with Crippen LogP contribution in [0.3, 0.4) is 0 Å². The Morgan fingerprint density at radius 2 is 2.00 bits per heavy atom. The average molecular weight is 171 g/mol. The molecule has 2 nitrogen and oxygen atoms in total. The number of hydrogen-bond acceptors (Lipinski definition) is 2. The van der Waals surface area contributed by atoms with Crippen LogP contribution in [0.15, 0.2) is 0 Å². The van der Waals surface area contributed by atoms with E-state index in [4.69, 9.17) is 0 Å². The van der Waals surface area contributed by atoms with Crippen LogP contribution in [-0.4, -0.2) is 34.2 Å². The number of piperidine rings is 1. The Bertz CT molecular complexity index is 154. The van der Waals surface area contributed by atoms with Gasteiger partial charge < -0.3 is 5.11 Å². The number of rotatable bonds is 1. The first-order chi connectivity index (χ1) is 5.43. The summed E-state index contributed by atoms with van der Waals surface area (Å²) in [6.07, 6.45) is 1.95. The minimum absolute atomic E-state index is 0.111. The van der Waals surface area contributed by atoms with E-state index in [1.165, 1.54) is 0 Å². The molecule has 1 fully saturated rings. The first kappa shape index (κ1) is 10.0. The van der Waals surface area contributed by atoms with Crippen molar-refractivity contribution in [1.29, 1.82) is 0 Å². The van der Waals surface area contributed by atoms with Crippen molar-refractivity contribution in [2.45, 2.75) is 58.2 Å². The summed E-state index contributed by atoms with van der Waals surface area (Å²) in [5.41, 5.74) is 0.271. The number of β-amino-alcohol motifs (C(OH)–C–C–N with tert-alkyl or cyclic N) is 1. The molecule has 0 aromatic carbocycles. The molecule has 1 atom stereocenters. The van der Waals surface area contributed by atoms with Gasteiger partial charge in [-0.1, -0.05) is 0 Å². The van der Waals surface area contributed by atoms with E-state index in [1.54, 1.807) is 0 Å². The van der Waals surface area contributed by atoms with Crippen molar-refractivity contribution in [3.05, 3.63) is 0 Å². The summed E-state index contributed by atoms with van der Waals surface area (Å²) < 4.78 is 0. The second-order valence-electron chi connectivity index (χ2n) is 4.75. The van der Waals surface area contributed by atoms with Crippen molar-refractivity contribution >= 4 is 0 Å². The smallest absolute Gasteiger partial charge is 0.0668 e. The predicted octanol–water partition coefficient (Wildman–Crippen LogP) is 1.63. The van der Waals surface area contributed by atoms with Crippen molar-refractivity contribution in [3.8, 4) is 0 Å². The average Bonchev–Trinajstić information content (AvgIpc) is 1.94. The second-order valence-corrected chi connectivity index (χ2v) is 4.75. The summed E-state index contributed by atoms with van der Waals surface area (Å²) >= 11 is 0. The van der Waals surface area contributed by atoms with Crippen molar-refractivity contribution in [3.63, 3.8) is 0 Å². The van der Waals surface area contributed by atoms with Crippen molar-refractivity contribution in [2.24, 2.45) is 0 Å². The van der Waals surface area contributed by atoms with E-state index in [0.717, 1.165) is 19.4 Å². The lowest BCUT2D eigenvalue weighted by Gasteiger charge is -2.46. The topological polar surface area (TPSA) is 23.5 Å². The fraction of sp³-hybridized carbons (Fsp3) is 1.00. The Morgan fingerprint density at radius 1 is 1.42 bits per heavy atom. The molecule has 0 aliphatic carbocycles.